The van der Waals surface area contributed by atoms with Gasteiger partial charge in [-0.2, -0.15) is 0 Å². The Bertz CT molecular complexity index is 536. The minimum absolute atomic E-state index is 0.128. The van der Waals surface area contributed by atoms with Gasteiger partial charge in [0.25, 0.3) is 0 Å². The zero-order valence-electron chi connectivity index (χ0n) is 13.5. The van der Waals surface area contributed by atoms with E-state index >= 15 is 0 Å². The van der Waals surface area contributed by atoms with Gasteiger partial charge in [-0.1, -0.05) is 27.5 Å². The second kappa shape index (κ2) is 8.87. The molecule has 2 amide bonds. The number of likely N-dealkylation sites (N-methyl/N-ethyl adjacent to an activating group) is 1. The van der Waals surface area contributed by atoms with E-state index < -0.39 is 0 Å². The van der Waals surface area contributed by atoms with Crippen LogP contribution in [0.1, 0.15) is 12.8 Å². The summed E-state index contributed by atoms with van der Waals surface area (Å²) < 4.78 is 6.54. The van der Waals surface area contributed by atoms with E-state index in [4.69, 9.17) is 16.3 Å². The molecule has 1 fully saturated rings. The average Bonchev–Trinajstić information content (AvgIpc) is 2.99. The molecule has 1 N–H and O–H groups in total. The Morgan fingerprint density at radius 2 is 2.22 bits per heavy atom. The molecule has 1 aromatic carbocycles. The molecule has 128 valence electrons. The van der Waals surface area contributed by atoms with Crippen molar-refractivity contribution in [2.75, 3.05) is 45.7 Å². The summed E-state index contributed by atoms with van der Waals surface area (Å²) in [5.41, 5.74) is 0.613. The highest BCUT2D eigenvalue weighted by Crippen LogP contribution is 2.26. The van der Waals surface area contributed by atoms with E-state index in [1.807, 2.05) is 20.2 Å². The summed E-state index contributed by atoms with van der Waals surface area (Å²) in [6.07, 6.45) is 2.19. The van der Waals surface area contributed by atoms with Gasteiger partial charge < -0.3 is 19.9 Å². The molecule has 0 unspecified atom stereocenters. The molecule has 1 aromatic rings. The first kappa shape index (κ1) is 18.5. The van der Waals surface area contributed by atoms with Crippen LogP contribution >= 0.6 is 27.5 Å². The highest BCUT2D eigenvalue weighted by atomic mass is 79.9. The number of halogens is 2. The van der Waals surface area contributed by atoms with Crippen molar-refractivity contribution in [2.45, 2.75) is 18.9 Å². The zero-order chi connectivity index (χ0) is 16.8. The number of carbonyl (C=O) groups excluding carboxylic acids is 1. The topological polar surface area (TPSA) is 44.8 Å². The second-order valence-corrected chi connectivity index (χ2v) is 7.26. The molecule has 0 radical (unpaired) electrons. The van der Waals surface area contributed by atoms with Crippen LogP contribution in [0.25, 0.3) is 0 Å². The van der Waals surface area contributed by atoms with Crippen LogP contribution in [0.5, 0.6) is 0 Å². The summed E-state index contributed by atoms with van der Waals surface area (Å²) in [5.74, 6) is 0. The number of benzene rings is 1. The molecular formula is C16H23BrClN3O2. The average molecular weight is 405 g/mol. The van der Waals surface area contributed by atoms with Crippen molar-refractivity contribution in [3.63, 3.8) is 0 Å². The van der Waals surface area contributed by atoms with Crippen LogP contribution in [0.2, 0.25) is 5.02 Å². The van der Waals surface area contributed by atoms with E-state index in [1.165, 1.54) is 0 Å². The molecule has 0 aromatic heterocycles. The van der Waals surface area contributed by atoms with Crippen LogP contribution < -0.4 is 5.32 Å². The van der Waals surface area contributed by atoms with Crippen LogP contribution in [0.15, 0.2) is 22.7 Å². The van der Waals surface area contributed by atoms with Crippen molar-refractivity contribution in [3.05, 3.63) is 27.7 Å². The van der Waals surface area contributed by atoms with Gasteiger partial charge in [-0.3, -0.25) is 0 Å². The van der Waals surface area contributed by atoms with E-state index in [-0.39, 0.29) is 12.1 Å². The minimum Gasteiger partial charge on any atom is -0.376 e. The number of hydrogen-bond acceptors (Lipinski definition) is 3. The maximum atomic E-state index is 12.6. The van der Waals surface area contributed by atoms with Gasteiger partial charge in [0.2, 0.25) is 0 Å². The molecule has 2 rings (SSSR count). The molecule has 1 aliphatic rings. The summed E-state index contributed by atoms with van der Waals surface area (Å²) in [6, 6.07) is 5.26. The Morgan fingerprint density at radius 1 is 1.43 bits per heavy atom. The summed E-state index contributed by atoms with van der Waals surface area (Å²) in [6.45, 7) is 2.83. The molecule has 1 atom stereocenters. The largest absolute Gasteiger partial charge is 0.376 e. The number of ether oxygens (including phenoxy) is 1. The van der Waals surface area contributed by atoms with Gasteiger partial charge in [0, 0.05) is 30.7 Å². The van der Waals surface area contributed by atoms with Crippen LogP contribution in [-0.2, 0) is 4.74 Å². The molecular weight excluding hydrogens is 382 g/mol. The highest BCUT2D eigenvalue weighted by molar-refractivity contribution is 9.10. The number of urea groups is 1. The molecule has 1 saturated heterocycles. The van der Waals surface area contributed by atoms with E-state index in [0.717, 1.165) is 30.5 Å². The molecule has 0 bridgehead atoms. The lowest BCUT2D eigenvalue weighted by Gasteiger charge is -2.27. The first-order valence-electron chi connectivity index (χ1n) is 7.73. The third kappa shape index (κ3) is 5.95. The first-order chi connectivity index (χ1) is 11.0. The van der Waals surface area contributed by atoms with Crippen LogP contribution in [0, 0.1) is 0 Å². The number of amides is 2. The molecule has 1 aliphatic heterocycles. The third-order valence-electron chi connectivity index (χ3n) is 3.73. The fraction of sp³-hybridized carbons (Fsp3) is 0.562. The van der Waals surface area contributed by atoms with Crippen molar-refractivity contribution in [3.8, 4) is 0 Å². The fourth-order valence-corrected chi connectivity index (χ4v) is 3.14. The lowest BCUT2D eigenvalue weighted by Crippen LogP contribution is -2.43. The number of anilines is 1. The Kier molecular flexibility index (Phi) is 7.14. The maximum absolute atomic E-state index is 12.6. The van der Waals surface area contributed by atoms with Gasteiger partial charge in [0.15, 0.2) is 0 Å². The Hall–Kier alpha value is -0.820. The molecule has 0 saturated carbocycles. The Labute approximate surface area is 151 Å². The molecule has 23 heavy (non-hydrogen) atoms. The van der Waals surface area contributed by atoms with Crippen molar-refractivity contribution in [1.82, 2.24) is 9.80 Å². The summed E-state index contributed by atoms with van der Waals surface area (Å²) in [7, 11) is 3.99. The Balaban J connectivity index is 2.01. The third-order valence-corrected chi connectivity index (χ3v) is 4.53. The van der Waals surface area contributed by atoms with Crippen LogP contribution in [-0.4, -0.2) is 62.3 Å². The SMILES string of the molecule is CN(C)CCN(C[C@@H]1CCCO1)C(=O)Nc1ccc(Br)cc1Cl. The Morgan fingerprint density at radius 3 is 2.83 bits per heavy atom. The lowest BCUT2D eigenvalue weighted by atomic mass is 10.2. The quantitative estimate of drug-likeness (QED) is 0.786. The fourth-order valence-electron chi connectivity index (χ4n) is 2.42. The summed E-state index contributed by atoms with van der Waals surface area (Å²) in [5, 5.41) is 3.41. The molecule has 1 heterocycles. The molecule has 0 aliphatic carbocycles. The standard InChI is InChI=1S/C16H23BrClN3O2/c1-20(2)7-8-21(11-13-4-3-9-23-13)16(22)19-15-6-5-12(17)10-14(15)18/h5-6,10,13H,3-4,7-9,11H2,1-2H3,(H,19,22)/t13-/m0/s1. The van der Waals surface area contributed by atoms with Crippen LogP contribution in [0.4, 0.5) is 10.5 Å². The van der Waals surface area contributed by atoms with Crippen LogP contribution in [0.3, 0.4) is 0 Å². The van der Waals surface area contributed by atoms with E-state index in [0.29, 0.717) is 23.8 Å². The molecule has 7 heteroatoms. The predicted octanol–water partition coefficient (Wildman–Crippen LogP) is 3.68. The van der Waals surface area contributed by atoms with Gasteiger partial charge in [-0.25, -0.2) is 4.79 Å². The normalized spacial score (nSPS) is 17.5. The van der Waals surface area contributed by atoms with E-state index in [2.05, 4.69) is 26.1 Å². The lowest BCUT2D eigenvalue weighted by molar-refractivity contribution is 0.0820. The van der Waals surface area contributed by atoms with Gasteiger partial charge in [0.1, 0.15) is 0 Å². The van der Waals surface area contributed by atoms with Gasteiger partial charge >= 0.3 is 6.03 Å². The monoisotopic (exact) mass is 403 g/mol. The second-order valence-electron chi connectivity index (χ2n) is 5.94. The van der Waals surface area contributed by atoms with Crippen molar-refractivity contribution < 1.29 is 9.53 Å². The van der Waals surface area contributed by atoms with Gasteiger partial charge in [-0.05, 0) is 45.1 Å². The molecule has 5 nitrogen and oxygen atoms in total. The predicted molar refractivity (Wildman–Crippen MR) is 97.3 cm³/mol. The van der Waals surface area contributed by atoms with Crippen molar-refractivity contribution >= 4 is 39.2 Å². The number of nitrogens with zero attached hydrogens (tertiary/aromatic N) is 2. The van der Waals surface area contributed by atoms with E-state index in [1.54, 1.807) is 17.0 Å². The first-order valence-corrected chi connectivity index (χ1v) is 8.90. The number of rotatable bonds is 6. The number of nitrogens with one attached hydrogen (secondary N) is 1. The van der Waals surface area contributed by atoms with Gasteiger partial charge in [-0.15, -0.1) is 0 Å². The number of hydrogen-bond donors (Lipinski definition) is 1. The minimum atomic E-state index is -0.147. The smallest absolute Gasteiger partial charge is 0.322 e. The van der Waals surface area contributed by atoms with Gasteiger partial charge in [0.05, 0.1) is 16.8 Å². The summed E-state index contributed by atoms with van der Waals surface area (Å²) in [4.78, 5) is 16.5. The molecule has 0 spiro atoms. The highest BCUT2D eigenvalue weighted by Gasteiger charge is 2.23. The zero-order valence-corrected chi connectivity index (χ0v) is 15.9. The number of carbonyl (C=O) groups is 1. The summed E-state index contributed by atoms with van der Waals surface area (Å²) >= 11 is 9.54. The van der Waals surface area contributed by atoms with E-state index in [9.17, 15) is 4.79 Å². The van der Waals surface area contributed by atoms with Crippen molar-refractivity contribution in [2.24, 2.45) is 0 Å². The van der Waals surface area contributed by atoms with Crippen molar-refractivity contribution in [1.29, 1.82) is 0 Å². The maximum Gasteiger partial charge on any atom is 0.322 e.